The molecule has 2 N–H and O–H groups in total. The number of hydrogen-bond donors (Lipinski definition) is 2. The fourth-order valence-corrected chi connectivity index (χ4v) is 2.77. The summed E-state index contributed by atoms with van der Waals surface area (Å²) in [6, 6.07) is 8.55. The third-order valence-corrected chi connectivity index (χ3v) is 4.34. The van der Waals surface area contributed by atoms with Crippen molar-refractivity contribution in [3.8, 4) is 0 Å². The van der Waals surface area contributed by atoms with Crippen molar-refractivity contribution in [1.29, 1.82) is 0 Å². The number of aliphatic imine (C=N–C) groups is 1. The zero-order chi connectivity index (χ0) is 17.9. The van der Waals surface area contributed by atoms with Crippen molar-refractivity contribution in [3.05, 3.63) is 35.4 Å². The molecule has 2 rings (SSSR count). The lowest BCUT2D eigenvalue weighted by Gasteiger charge is -2.22. The second kappa shape index (κ2) is 13.3. The van der Waals surface area contributed by atoms with Gasteiger partial charge < -0.3 is 20.1 Å². The van der Waals surface area contributed by atoms with E-state index in [-0.39, 0.29) is 24.0 Å². The zero-order valence-electron chi connectivity index (χ0n) is 16.3. The van der Waals surface area contributed by atoms with Crippen LogP contribution in [0.1, 0.15) is 44.2 Å². The van der Waals surface area contributed by atoms with Crippen molar-refractivity contribution in [1.82, 2.24) is 10.6 Å². The Hall–Kier alpha value is -0.860. The third-order valence-electron chi connectivity index (χ3n) is 4.34. The highest BCUT2D eigenvalue weighted by atomic mass is 127. The number of guanidine groups is 1. The molecule has 26 heavy (non-hydrogen) atoms. The van der Waals surface area contributed by atoms with Crippen LogP contribution in [0.4, 0.5) is 0 Å². The summed E-state index contributed by atoms with van der Waals surface area (Å²) in [6.45, 7) is 8.45. The standard InChI is InChI=1S/C20H33N3O2.HI/c1-16(2)7-10-22-20(21-3)23-14-17-5-4-6-18(13-17)15-25-19-8-11-24-12-9-19;/h4-6,13,16,19H,7-12,14-15H2,1-3H3,(H2,21,22,23);1H. The highest BCUT2D eigenvalue weighted by Gasteiger charge is 2.14. The molecule has 0 amide bonds. The van der Waals surface area contributed by atoms with Crippen LogP contribution in [0.15, 0.2) is 29.3 Å². The van der Waals surface area contributed by atoms with Gasteiger partial charge in [0.25, 0.3) is 0 Å². The molecule has 1 saturated heterocycles. The van der Waals surface area contributed by atoms with Crippen LogP contribution in [0.5, 0.6) is 0 Å². The van der Waals surface area contributed by atoms with Crippen molar-refractivity contribution in [3.63, 3.8) is 0 Å². The average molecular weight is 475 g/mol. The van der Waals surface area contributed by atoms with E-state index in [9.17, 15) is 0 Å². The number of ether oxygens (including phenoxy) is 2. The maximum atomic E-state index is 6.01. The summed E-state index contributed by atoms with van der Waals surface area (Å²) in [4.78, 5) is 4.28. The second-order valence-corrected chi connectivity index (χ2v) is 6.98. The molecular formula is C20H34IN3O2. The summed E-state index contributed by atoms with van der Waals surface area (Å²) in [5.41, 5.74) is 2.45. The lowest BCUT2D eigenvalue weighted by atomic mass is 10.1. The molecule has 0 unspecified atom stereocenters. The molecular weight excluding hydrogens is 441 g/mol. The fourth-order valence-electron chi connectivity index (χ4n) is 2.77. The Bertz CT molecular complexity index is 532. The Kier molecular flexibility index (Phi) is 11.9. The number of nitrogens with one attached hydrogen (secondary N) is 2. The normalized spacial score (nSPS) is 15.6. The van der Waals surface area contributed by atoms with E-state index in [2.05, 4.69) is 53.7 Å². The van der Waals surface area contributed by atoms with Crippen molar-refractivity contribution in [2.75, 3.05) is 26.8 Å². The SMILES string of the molecule is CN=C(NCCC(C)C)NCc1cccc(COC2CCOCC2)c1.I. The van der Waals surface area contributed by atoms with E-state index in [0.717, 1.165) is 51.5 Å². The van der Waals surface area contributed by atoms with E-state index in [1.165, 1.54) is 11.1 Å². The Morgan fingerprint density at radius 3 is 2.65 bits per heavy atom. The largest absolute Gasteiger partial charge is 0.381 e. The Balaban J connectivity index is 0.00000338. The Morgan fingerprint density at radius 1 is 1.23 bits per heavy atom. The quantitative estimate of drug-likeness (QED) is 0.342. The van der Waals surface area contributed by atoms with Crippen LogP contribution in [0, 0.1) is 5.92 Å². The summed E-state index contributed by atoms with van der Waals surface area (Å²) in [6.07, 6.45) is 3.47. The number of rotatable bonds is 8. The van der Waals surface area contributed by atoms with Gasteiger partial charge >= 0.3 is 0 Å². The maximum absolute atomic E-state index is 6.01. The van der Waals surface area contributed by atoms with E-state index in [1.807, 2.05) is 7.05 Å². The van der Waals surface area contributed by atoms with Crippen LogP contribution >= 0.6 is 24.0 Å². The summed E-state index contributed by atoms with van der Waals surface area (Å²) < 4.78 is 11.4. The molecule has 1 aliphatic rings. The third kappa shape index (κ3) is 9.19. The van der Waals surface area contributed by atoms with Gasteiger partial charge in [-0.15, -0.1) is 24.0 Å². The highest BCUT2D eigenvalue weighted by molar-refractivity contribution is 14.0. The minimum absolute atomic E-state index is 0. The van der Waals surface area contributed by atoms with Crippen LogP contribution in [0.2, 0.25) is 0 Å². The number of halogens is 1. The summed E-state index contributed by atoms with van der Waals surface area (Å²) in [7, 11) is 1.81. The topological polar surface area (TPSA) is 54.9 Å². The summed E-state index contributed by atoms with van der Waals surface area (Å²) >= 11 is 0. The molecule has 0 bridgehead atoms. The first-order valence-corrected chi connectivity index (χ1v) is 9.39. The van der Waals surface area contributed by atoms with Gasteiger partial charge in [0.05, 0.1) is 12.7 Å². The number of benzene rings is 1. The van der Waals surface area contributed by atoms with Gasteiger partial charge in [-0.1, -0.05) is 38.1 Å². The van der Waals surface area contributed by atoms with Gasteiger partial charge in [-0.25, -0.2) is 0 Å². The maximum Gasteiger partial charge on any atom is 0.191 e. The van der Waals surface area contributed by atoms with E-state index in [1.54, 1.807) is 0 Å². The van der Waals surface area contributed by atoms with E-state index >= 15 is 0 Å². The molecule has 0 spiro atoms. The smallest absolute Gasteiger partial charge is 0.191 e. The van der Waals surface area contributed by atoms with Gasteiger partial charge in [-0.2, -0.15) is 0 Å². The first-order chi connectivity index (χ1) is 12.2. The second-order valence-electron chi connectivity index (χ2n) is 6.98. The fraction of sp³-hybridized carbons (Fsp3) is 0.650. The molecule has 1 aliphatic heterocycles. The van der Waals surface area contributed by atoms with Crippen LogP contribution < -0.4 is 10.6 Å². The van der Waals surface area contributed by atoms with Crippen LogP contribution in [-0.2, 0) is 22.6 Å². The lowest BCUT2D eigenvalue weighted by Crippen LogP contribution is -2.37. The molecule has 148 valence electrons. The van der Waals surface area contributed by atoms with Gasteiger partial charge in [-0.3, -0.25) is 4.99 Å². The van der Waals surface area contributed by atoms with Crippen LogP contribution in [0.25, 0.3) is 0 Å². The van der Waals surface area contributed by atoms with Gasteiger partial charge in [0.15, 0.2) is 5.96 Å². The summed E-state index contributed by atoms with van der Waals surface area (Å²) in [5.74, 6) is 1.54. The van der Waals surface area contributed by atoms with Crippen LogP contribution in [0.3, 0.4) is 0 Å². The molecule has 0 aromatic heterocycles. The molecule has 0 aliphatic carbocycles. The van der Waals surface area contributed by atoms with Gasteiger partial charge in [0.2, 0.25) is 0 Å². The highest BCUT2D eigenvalue weighted by Crippen LogP contribution is 2.14. The molecule has 1 aromatic carbocycles. The minimum atomic E-state index is 0. The van der Waals surface area contributed by atoms with E-state index in [4.69, 9.17) is 9.47 Å². The Labute approximate surface area is 175 Å². The van der Waals surface area contributed by atoms with Crippen molar-refractivity contribution >= 4 is 29.9 Å². The van der Waals surface area contributed by atoms with Crippen molar-refractivity contribution < 1.29 is 9.47 Å². The molecule has 1 heterocycles. The molecule has 0 radical (unpaired) electrons. The molecule has 5 nitrogen and oxygen atoms in total. The zero-order valence-corrected chi connectivity index (χ0v) is 18.6. The molecule has 1 fully saturated rings. The first-order valence-electron chi connectivity index (χ1n) is 9.39. The lowest BCUT2D eigenvalue weighted by molar-refractivity contribution is -0.0390. The first kappa shape index (κ1) is 23.2. The van der Waals surface area contributed by atoms with Gasteiger partial charge in [0, 0.05) is 33.4 Å². The van der Waals surface area contributed by atoms with Gasteiger partial charge in [0.1, 0.15) is 0 Å². The van der Waals surface area contributed by atoms with Crippen molar-refractivity contribution in [2.24, 2.45) is 10.9 Å². The number of nitrogens with zero attached hydrogens (tertiary/aromatic N) is 1. The van der Waals surface area contributed by atoms with E-state index < -0.39 is 0 Å². The molecule has 1 aromatic rings. The van der Waals surface area contributed by atoms with Crippen LogP contribution in [-0.4, -0.2) is 38.9 Å². The average Bonchev–Trinajstić information content (AvgIpc) is 2.64. The monoisotopic (exact) mass is 475 g/mol. The summed E-state index contributed by atoms with van der Waals surface area (Å²) in [5, 5.41) is 6.73. The predicted octanol–water partition coefficient (Wildman–Crippen LogP) is 3.71. The Morgan fingerprint density at radius 2 is 1.96 bits per heavy atom. The molecule has 0 saturated carbocycles. The molecule has 0 atom stereocenters. The van der Waals surface area contributed by atoms with E-state index in [0.29, 0.717) is 18.6 Å². The minimum Gasteiger partial charge on any atom is -0.381 e. The van der Waals surface area contributed by atoms with Gasteiger partial charge in [-0.05, 0) is 36.3 Å². The predicted molar refractivity (Wildman–Crippen MR) is 118 cm³/mol. The molecule has 6 heteroatoms. The number of hydrogen-bond acceptors (Lipinski definition) is 3. The van der Waals surface area contributed by atoms with Crippen molar-refractivity contribution in [2.45, 2.75) is 52.4 Å².